The average Bonchev–Trinajstić information content (AvgIpc) is 2.81. The van der Waals surface area contributed by atoms with E-state index in [4.69, 9.17) is 0 Å². The largest absolute Gasteiger partial charge is 0.339 e. The molecule has 2 aliphatic heterocycles. The number of hydrogen-bond donors (Lipinski definition) is 0. The Morgan fingerprint density at radius 1 is 1.05 bits per heavy atom. The zero-order valence-electron chi connectivity index (χ0n) is 11.6. The molecule has 2 fully saturated rings. The first-order chi connectivity index (χ1) is 9.19. The van der Waals surface area contributed by atoms with Gasteiger partial charge in [0.15, 0.2) is 0 Å². The summed E-state index contributed by atoms with van der Waals surface area (Å²) in [5, 5.41) is 0. The summed E-state index contributed by atoms with van der Waals surface area (Å²) >= 11 is 0. The Labute approximate surface area is 115 Å². The van der Waals surface area contributed by atoms with E-state index in [9.17, 15) is 4.79 Å². The van der Waals surface area contributed by atoms with E-state index in [1.807, 2.05) is 35.2 Å². The van der Waals surface area contributed by atoms with Gasteiger partial charge in [-0.15, -0.1) is 0 Å². The van der Waals surface area contributed by atoms with E-state index in [2.05, 4.69) is 11.9 Å². The number of nitrogens with zero attached hydrogens (tertiary/aromatic N) is 2. The van der Waals surface area contributed by atoms with E-state index in [0.29, 0.717) is 5.41 Å². The van der Waals surface area contributed by atoms with Gasteiger partial charge >= 0.3 is 0 Å². The van der Waals surface area contributed by atoms with Crippen LogP contribution in [0, 0.1) is 5.41 Å². The second kappa shape index (κ2) is 4.97. The lowest BCUT2D eigenvalue weighted by atomic mass is 9.77. The smallest absolute Gasteiger partial charge is 0.253 e. The zero-order chi connectivity index (χ0) is 13.3. The van der Waals surface area contributed by atoms with Crippen LogP contribution in [0.5, 0.6) is 0 Å². The molecular formula is C16H22N2O. The van der Waals surface area contributed by atoms with Crippen molar-refractivity contribution in [2.75, 3.05) is 33.2 Å². The molecule has 0 N–H and O–H groups in total. The third-order valence-corrected chi connectivity index (χ3v) is 4.76. The summed E-state index contributed by atoms with van der Waals surface area (Å²) in [4.78, 5) is 16.8. The average molecular weight is 258 g/mol. The zero-order valence-corrected chi connectivity index (χ0v) is 11.6. The quantitative estimate of drug-likeness (QED) is 0.771. The second-order valence-electron chi connectivity index (χ2n) is 6.15. The normalized spacial score (nSPS) is 22.9. The molecule has 0 aromatic heterocycles. The molecule has 19 heavy (non-hydrogen) atoms. The van der Waals surface area contributed by atoms with Crippen molar-refractivity contribution in [3.05, 3.63) is 35.9 Å². The highest BCUT2D eigenvalue weighted by Gasteiger charge is 2.40. The van der Waals surface area contributed by atoms with E-state index in [1.165, 1.54) is 19.5 Å². The fourth-order valence-corrected chi connectivity index (χ4v) is 3.51. The van der Waals surface area contributed by atoms with Crippen LogP contribution in [0.2, 0.25) is 0 Å². The van der Waals surface area contributed by atoms with Crippen molar-refractivity contribution >= 4 is 5.91 Å². The molecule has 1 spiro atoms. The van der Waals surface area contributed by atoms with Crippen LogP contribution < -0.4 is 0 Å². The van der Waals surface area contributed by atoms with Crippen molar-refractivity contribution < 1.29 is 4.79 Å². The van der Waals surface area contributed by atoms with Crippen LogP contribution in [0.3, 0.4) is 0 Å². The molecule has 0 saturated carbocycles. The summed E-state index contributed by atoms with van der Waals surface area (Å²) in [6.45, 7) is 4.26. The predicted octanol–water partition coefficient (Wildman–Crippen LogP) is 2.24. The number of rotatable bonds is 1. The number of carbonyl (C=O) groups excluding carboxylic acids is 1. The minimum atomic E-state index is 0.196. The molecule has 2 heterocycles. The molecule has 102 valence electrons. The number of piperidine rings is 1. The highest BCUT2D eigenvalue weighted by molar-refractivity contribution is 5.94. The van der Waals surface area contributed by atoms with E-state index >= 15 is 0 Å². The van der Waals surface area contributed by atoms with Crippen molar-refractivity contribution in [3.8, 4) is 0 Å². The molecule has 3 nitrogen and oxygen atoms in total. The molecular weight excluding hydrogens is 236 g/mol. The molecule has 3 heteroatoms. The van der Waals surface area contributed by atoms with Gasteiger partial charge in [-0.05, 0) is 50.4 Å². The summed E-state index contributed by atoms with van der Waals surface area (Å²) in [6, 6.07) is 9.65. The molecule has 0 unspecified atom stereocenters. The van der Waals surface area contributed by atoms with Crippen LogP contribution in [0.4, 0.5) is 0 Å². The third-order valence-electron chi connectivity index (χ3n) is 4.76. The number of likely N-dealkylation sites (tertiary alicyclic amines) is 2. The Kier molecular flexibility index (Phi) is 3.31. The van der Waals surface area contributed by atoms with Crippen LogP contribution in [-0.4, -0.2) is 48.9 Å². The lowest BCUT2D eigenvalue weighted by Crippen LogP contribution is -2.44. The first kappa shape index (κ1) is 12.7. The van der Waals surface area contributed by atoms with Crippen LogP contribution in [0.25, 0.3) is 0 Å². The molecule has 1 aromatic carbocycles. The summed E-state index contributed by atoms with van der Waals surface area (Å²) in [6.07, 6.45) is 3.63. The summed E-state index contributed by atoms with van der Waals surface area (Å²) in [5.41, 5.74) is 1.31. The Morgan fingerprint density at radius 2 is 1.68 bits per heavy atom. The van der Waals surface area contributed by atoms with Gasteiger partial charge in [-0.1, -0.05) is 18.2 Å². The molecule has 0 aliphatic carbocycles. The van der Waals surface area contributed by atoms with Gasteiger partial charge in [0.25, 0.3) is 5.91 Å². The van der Waals surface area contributed by atoms with E-state index in [0.717, 1.165) is 31.5 Å². The third kappa shape index (κ3) is 2.52. The second-order valence-corrected chi connectivity index (χ2v) is 6.15. The minimum Gasteiger partial charge on any atom is -0.339 e. The number of hydrogen-bond acceptors (Lipinski definition) is 2. The lowest BCUT2D eigenvalue weighted by molar-refractivity contribution is 0.0594. The molecule has 0 radical (unpaired) electrons. The first-order valence-electron chi connectivity index (χ1n) is 7.21. The fourth-order valence-electron chi connectivity index (χ4n) is 3.51. The standard InChI is InChI=1S/C16H22N2O/c1-17-10-7-16(13-17)8-11-18(12-9-16)15(19)14-5-3-2-4-6-14/h2-6H,7-13H2,1H3. The summed E-state index contributed by atoms with van der Waals surface area (Å²) in [5.74, 6) is 0.196. The van der Waals surface area contributed by atoms with Gasteiger partial charge in [0.2, 0.25) is 0 Å². The monoisotopic (exact) mass is 258 g/mol. The molecule has 1 amide bonds. The first-order valence-corrected chi connectivity index (χ1v) is 7.21. The number of carbonyl (C=O) groups is 1. The molecule has 2 aliphatic rings. The van der Waals surface area contributed by atoms with Gasteiger partial charge in [-0.25, -0.2) is 0 Å². The molecule has 2 saturated heterocycles. The lowest BCUT2D eigenvalue weighted by Gasteiger charge is -2.39. The van der Waals surface area contributed by atoms with E-state index in [1.54, 1.807) is 0 Å². The molecule has 3 rings (SSSR count). The highest BCUT2D eigenvalue weighted by atomic mass is 16.2. The van der Waals surface area contributed by atoms with Crippen molar-refractivity contribution in [1.82, 2.24) is 9.80 Å². The van der Waals surface area contributed by atoms with Gasteiger partial charge in [0.05, 0.1) is 0 Å². The Hall–Kier alpha value is -1.35. The highest BCUT2D eigenvalue weighted by Crippen LogP contribution is 2.39. The summed E-state index contributed by atoms with van der Waals surface area (Å²) < 4.78 is 0. The minimum absolute atomic E-state index is 0.196. The van der Waals surface area contributed by atoms with E-state index in [-0.39, 0.29) is 5.91 Å². The fraction of sp³-hybridized carbons (Fsp3) is 0.562. The van der Waals surface area contributed by atoms with Crippen LogP contribution in [-0.2, 0) is 0 Å². The van der Waals surface area contributed by atoms with Gasteiger partial charge < -0.3 is 9.80 Å². The van der Waals surface area contributed by atoms with Crippen LogP contribution >= 0.6 is 0 Å². The maximum atomic E-state index is 12.4. The van der Waals surface area contributed by atoms with Gasteiger partial charge in [-0.3, -0.25) is 4.79 Å². The molecule has 1 aromatic rings. The van der Waals surface area contributed by atoms with Crippen LogP contribution in [0.15, 0.2) is 30.3 Å². The van der Waals surface area contributed by atoms with Crippen molar-refractivity contribution in [2.45, 2.75) is 19.3 Å². The Balaban J connectivity index is 1.63. The summed E-state index contributed by atoms with van der Waals surface area (Å²) in [7, 11) is 2.20. The maximum absolute atomic E-state index is 12.4. The molecule has 0 bridgehead atoms. The van der Waals surface area contributed by atoms with Crippen molar-refractivity contribution in [1.29, 1.82) is 0 Å². The predicted molar refractivity (Wildman–Crippen MR) is 76.1 cm³/mol. The van der Waals surface area contributed by atoms with Gasteiger partial charge in [0, 0.05) is 25.2 Å². The van der Waals surface area contributed by atoms with Gasteiger partial charge in [-0.2, -0.15) is 0 Å². The Morgan fingerprint density at radius 3 is 2.26 bits per heavy atom. The van der Waals surface area contributed by atoms with Gasteiger partial charge in [0.1, 0.15) is 0 Å². The Bertz CT molecular complexity index is 449. The topological polar surface area (TPSA) is 23.6 Å². The maximum Gasteiger partial charge on any atom is 0.253 e. The number of benzene rings is 1. The van der Waals surface area contributed by atoms with E-state index < -0.39 is 0 Å². The number of amides is 1. The van der Waals surface area contributed by atoms with Crippen LogP contribution in [0.1, 0.15) is 29.6 Å². The van der Waals surface area contributed by atoms with Crippen molar-refractivity contribution in [3.63, 3.8) is 0 Å². The van der Waals surface area contributed by atoms with Crippen molar-refractivity contribution in [2.24, 2.45) is 5.41 Å². The SMILES string of the molecule is CN1CCC2(CCN(C(=O)c3ccccc3)CC2)C1. The molecule has 0 atom stereocenters.